The molecule has 0 amide bonds. The van der Waals surface area contributed by atoms with Crippen molar-refractivity contribution in [2.45, 2.75) is 13.5 Å². The van der Waals surface area contributed by atoms with Gasteiger partial charge in [-0.05, 0) is 41.9 Å². The van der Waals surface area contributed by atoms with Gasteiger partial charge in [-0.3, -0.25) is 4.90 Å². The van der Waals surface area contributed by atoms with Gasteiger partial charge in [0.15, 0.2) is 0 Å². The van der Waals surface area contributed by atoms with Crippen molar-refractivity contribution in [1.82, 2.24) is 9.80 Å². The minimum absolute atomic E-state index is 1.11. The maximum atomic E-state index is 2.57. The highest BCUT2D eigenvalue weighted by Gasteiger charge is 2.15. The van der Waals surface area contributed by atoms with Crippen LogP contribution in [0.15, 0.2) is 23.6 Å². The van der Waals surface area contributed by atoms with E-state index in [1.807, 2.05) is 11.3 Å². The number of nitrogens with zero attached hydrogens (tertiary/aromatic N) is 2. The molecule has 0 radical (unpaired) electrons. The summed E-state index contributed by atoms with van der Waals surface area (Å²) in [5.74, 6) is 0. The third-order valence-electron chi connectivity index (χ3n) is 3.80. The molecule has 0 spiro atoms. The van der Waals surface area contributed by atoms with Crippen molar-refractivity contribution in [3.8, 4) is 0 Å². The zero-order valence-corrected chi connectivity index (χ0v) is 12.0. The van der Waals surface area contributed by atoms with Crippen LogP contribution in [-0.2, 0) is 6.54 Å². The number of hydrogen-bond acceptors (Lipinski definition) is 3. The number of fused-ring (bicyclic) bond motifs is 1. The van der Waals surface area contributed by atoms with E-state index in [4.69, 9.17) is 0 Å². The zero-order valence-electron chi connectivity index (χ0n) is 11.1. The summed E-state index contributed by atoms with van der Waals surface area (Å²) in [6, 6.07) is 6.81. The number of piperazine rings is 1. The van der Waals surface area contributed by atoms with Crippen LogP contribution < -0.4 is 0 Å². The molecule has 0 saturated carbocycles. The average molecular weight is 260 g/mol. The predicted molar refractivity (Wildman–Crippen MR) is 79.3 cm³/mol. The molecule has 3 heteroatoms. The first kappa shape index (κ1) is 12.2. The van der Waals surface area contributed by atoms with Gasteiger partial charge in [-0.1, -0.05) is 12.1 Å². The Bertz CT molecular complexity index is 538. The second-order valence-electron chi connectivity index (χ2n) is 5.34. The predicted octanol–water partition coefficient (Wildman–Crippen LogP) is 2.96. The van der Waals surface area contributed by atoms with Crippen LogP contribution in [0, 0.1) is 6.92 Å². The van der Waals surface area contributed by atoms with E-state index in [2.05, 4.69) is 47.4 Å². The Morgan fingerprint density at radius 3 is 2.72 bits per heavy atom. The van der Waals surface area contributed by atoms with Crippen LogP contribution in [0.3, 0.4) is 0 Å². The third kappa shape index (κ3) is 2.44. The number of rotatable bonds is 2. The summed E-state index contributed by atoms with van der Waals surface area (Å²) in [5.41, 5.74) is 2.86. The summed E-state index contributed by atoms with van der Waals surface area (Å²) in [5, 5.41) is 3.78. The Kier molecular flexibility index (Phi) is 3.37. The second kappa shape index (κ2) is 5.00. The van der Waals surface area contributed by atoms with Gasteiger partial charge in [0, 0.05) is 37.4 Å². The maximum absolute atomic E-state index is 2.57. The first-order valence-corrected chi connectivity index (χ1v) is 7.48. The van der Waals surface area contributed by atoms with E-state index in [0.29, 0.717) is 0 Å². The fraction of sp³-hybridized carbons (Fsp3) is 0.467. The summed E-state index contributed by atoms with van der Waals surface area (Å²) in [7, 11) is 2.21. The Morgan fingerprint density at radius 2 is 1.94 bits per heavy atom. The molecule has 1 aliphatic rings. The van der Waals surface area contributed by atoms with Gasteiger partial charge in [0.25, 0.3) is 0 Å². The Morgan fingerprint density at radius 1 is 1.17 bits per heavy atom. The highest BCUT2D eigenvalue weighted by atomic mass is 32.1. The van der Waals surface area contributed by atoms with E-state index in [1.54, 1.807) is 0 Å². The molecule has 0 unspecified atom stereocenters. The summed E-state index contributed by atoms with van der Waals surface area (Å²) >= 11 is 1.88. The molecule has 2 aromatic rings. The van der Waals surface area contributed by atoms with Crippen molar-refractivity contribution in [3.63, 3.8) is 0 Å². The second-order valence-corrected chi connectivity index (χ2v) is 6.25. The van der Waals surface area contributed by atoms with Gasteiger partial charge >= 0.3 is 0 Å². The van der Waals surface area contributed by atoms with E-state index >= 15 is 0 Å². The molecule has 1 saturated heterocycles. The van der Waals surface area contributed by atoms with Crippen molar-refractivity contribution in [2.75, 3.05) is 33.2 Å². The number of aryl methyl sites for hydroxylation is 1. The first-order chi connectivity index (χ1) is 8.72. The van der Waals surface area contributed by atoms with Crippen LogP contribution in [0.2, 0.25) is 0 Å². The van der Waals surface area contributed by atoms with Crippen LogP contribution in [0.1, 0.15) is 11.1 Å². The first-order valence-electron chi connectivity index (χ1n) is 6.60. The highest BCUT2D eigenvalue weighted by molar-refractivity contribution is 7.17. The molecule has 2 heterocycles. The van der Waals surface area contributed by atoms with Gasteiger partial charge in [-0.15, -0.1) is 11.3 Å². The van der Waals surface area contributed by atoms with E-state index in [1.165, 1.54) is 47.4 Å². The molecule has 1 aliphatic heterocycles. The molecule has 0 bridgehead atoms. The van der Waals surface area contributed by atoms with Crippen molar-refractivity contribution < 1.29 is 0 Å². The Balaban J connectivity index is 1.78. The summed E-state index contributed by atoms with van der Waals surface area (Å²) < 4.78 is 1.43. The van der Waals surface area contributed by atoms with Gasteiger partial charge in [0.2, 0.25) is 0 Å². The zero-order chi connectivity index (χ0) is 12.5. The van der Waals surface area contributed by atoms with Crippen LogP contribution in [0.25, 0.3) is 10.1 Å². The third-order valence-corrected chi connectivity index (χ3v) is 4.80. The fourth-order valence-electron chi connectivity index (χ4n) is 2.56. The molecule has 2 nitrogen and oxygen atoms in total. The smallest absolute Gasteiger partial charge is 0.0348 e. The minimum Gasteiger partial charge on any atom is -0.304 e. The molecule has 18 heavy (non-hydrogen) atoms. The van der Waals surface area contributed by atoms with E-state index in [0.717, 1.165) is 6.54 Å². The van der Waals surface area contributed by atoms with Crippen LogP contribution in [0.5, 0.6) is 0 Å². The minimum atomic E-state index is 1.11. The molecular weight excluding hydrogens is 240 g/mol. The number of benzene rings is 1. The Labute approximate surface area is 113 Å². The molecule has 0 aliphatic carbocycles. The molecule has 96 valence electrons. The molecule has 0 atom stereocenters. The largest absolute Gasteiger partial charge is 0.304 e. The average Bonchev–Trinajstić information content (AvgIpc) is 2.74. The topological polar surface area (TPSA) is 6.48 Å². The number of likely N-dealkylation sites (N-methyl/N-ethyl adjacent to an activating group) is 1. The lowest BCUT2D eigenvalue weighted by Gasteiger charge is -2.32. The number of hydrogen-bond donors (Lipinski definition) is 0. The van der Waals surface area contributed by atoms with E-state index < -0.39 is 0 Å². The van der Waals surface area contributed by atoms with Crippen molar-refractivity contribution in [2.24, 2.45) is 0 Å². The van der Waals surface area contributed by atoms with Crippen LogP contribution in [-0.4, -0.2) is 43.0 Å². The van der Waals surface area contributed by atoms with Gasteiger partial charge in [0.05, 0.1) is 0 Å². The molecule has 1 fully saturated rings. The number of thiophene rings is 1. The standard InChI is InChI=1S/C15H20N2S/c1-12-3-4-14-13(11-18-15(14)9-12)10-17-7-5-16(2)6-8-17/h3-4,9,11H,5-8,10H2,1-2H3. The lowest BCUT2D eigenvalue weighted by Crippen LogP contribution is -2.43. The van der Waals surface area contributed by atoms with Crippen molar-refractivity contribution in [1.29, 1.82) is 0 Å². The molecular formula is C15H20N2S. The van der Waals surface area contributed by atoms with E-state index in [-0.39, 0.29) is 0 Å². The van der Waals surface area contributed by atoms with E-state index in [9.17, 15) is 0 Å². The van der Waals surface area contributed by atoms with Crippen molar-refractivity contribution in [3.05, 3.63) is 34.7 Å². The Hall–Kier alpha value is -0.900. The highest BCUT2D eigenvalue weighted by Crippen LogP contribution is 2.28. The van der Waals surface area contributed by atoms with Crippen LogP contribution >= 0.6 is 11.3 Å². The van der Waals surface area contributed by atoms with Crippen LogP contribution in [0.4, 0.5) is 0 Å². The molecule has 3 rings (SSSR count). The lowest BCUT2D eigenvalue weighted by molar-refractivity contribution is 0.148. The van der Waals surface area contributed by atoms with Gasteiger partial charge in [0.1, 0.15) is 0 Å². The maximum Gasteiger partial charge on any atom is 0.0348 e. The molecule has 1 aromatic heterocycles. The van der Waals surface area contributed by atoms with Gasteiger partial charge in [-0.25, -0.2) is 0 Å². The fourth-order valence-corrected chi connectivity index (χ4v) is 3.61. The van der Waals surface area contributed by atoms with Gasteiger partial charge in [-0.2, -0.15) is 0 Å². The van der Waals surface area contributed by atoms with Crippen molar-refractivity contribution >= 4 is 21.4 Å². The molecule has 0 N–H and O–H groups in total. The SMILES string of the molecule is Cc1ccc2c(CN3CCN(C)CC3)csc2c1. The summed E-state index contributed by atoms with van der Waals surface area (Å²) in [6.45, 7) is 8.05. The quantitative estimate of drug-likeness (QED) is 0.819. The lowest BCUT2D eigenvalue weighted by atomic mass is 10.1. The normalized spacial score (nSPS) is 18.6. The monoisotopic (exact) mass is 260 g/mol. The van der Waals surface area contributed by atoms with Gasteiger partial charge < -0.3 is 4.90 Å². The molecule has 1 aromatic carbocycles. The summed E-state index contributed by atoms with van der Waals surface area (Å²) in [4.78, 5) is 4.98. The summed E-state index contributed by atoms with van der Waals surface area (Å²) in [6.07, 6.45) is 0.